The molecule has 0 spiro atoms. The van der Waals surface area contributed by atoms with Crippen LogP contribution in [-0.2, 0) is 4.79 Å². The molecule has 0 aliphatic carbocycles. The lowest BCUT2D eigenvalue weighted by atomic mass is 10.2. The van der Waals surface area contributed by atoms with Crippen molar-refractivity contribution in [3.8, 4) is 5.75 Å². The molecule has 0 radical (unpaired) electrons. The summed E-state index contributed by atoms with van der Waals surface area (Å²) in [7, 11) is 1.63. The number of methoxy groups -OCH3 is 1. The average molecular weight is 247 g/mol. The Balaban J connectivity index is 2.40. The van der Waals surface area contributed by atoms with Crippen LogP contribution in [0.2, 0.25) is 0 Å². The standard InChI is InChI=1S/C15H21NO2/c1-3-4-5-11-16-15(17)10-9-13-7-6-8-14(12-13)18-2/h6-10,12H,3-5,11H2,1-2H3,(H,16,17)/b10-9+. The van der Waals surface area contributed by atoms with E-state index in [9.17, 15) is 4.79 Å². The number of ether oxygens (including phenoxy) is 1. The quantitative estimate of drug-likeness (QED) is 0.594. The van der Waals surface area contributed by atoms with Crippen molar-refractivity contribution in [3.63, 3.8) is 0 Å². The van der Waals surface area contributed by atoms with E-state index < -0.39 is 0 Å². The van der Waals surface area contributed by atoms with Crippen molar-refractivity contribution >= 4 is 12.0 Å². The van der Waals surface area contributed by atoms with Gasteiger partial charge < -0.3 is 10.1 Å². The first-order valence-electron chi connectivity index (χ1n) is 6.36. The van der Waals surface area contributed by atoms with Gasteiger partial charge in [0.05, 0.1) is 7.11 Å². The minimum absolute atomic E-state index is 0.0473. The number of hydrogen-bond acceptors (Lipinski definition) is 2. The molecule has 98 valence electrons. The van der Waals surface area contributed by atoms with Gasteiger partial charge in [0.2, 0.25) is 5.91 Å². The van der Waals surface area contributed by atoms with E-state index in [4.69, 9.17) is 4.74 Å². The topological polar surface area (TPSA) is 38.3 Å². The fourth-order valence-corrected chi connectivity index (χ4v) is 1.56. The number of carbonyl (C=O) groups is 1. The molecule has 1 rings (SSSR count). The van der Waals surface area contributed by atoms with E-state index in [0.29, 0.717) is 0 Å². The van der Waals surface area contributed by atoms with Crippen LogP contribution < -0.4 is 10.1 Å². The second kappa shape index (κ2) is 8.34. The minimum Gasteiger partial charge on any atom is -0.497 e. The maximum Gasteiger partial charge on any atom is 0.243 e. The third kappa shape index (κ3) is 5.53. The first-order chi connectivity index (χ1) is 8.76. The highest BCUT2D eigenvalue weighted by Crippen LogP contribution is 2.13. The van der Waals surface area contributed by atoms with Gasteiger partial charge in [0.15, 0.2) is 0 Å². The van der Waals surface area contributed by atoms with Gasteiger partial charge in [-0.15, -0.1) is 0 Å². The molecular formula is C15H21NO2. The molecule has 0 saturated heterocycles. The molecule has 0 heterocycles. The zero-order chi connectivity index (χ0) is 13.2. The third-order valence-corrected chi connectivity index (χ3v) is 2.60. The molecule has 0 aliphatic rings. The molecule has 3 nitrogen and oxygen atoms in total. The highest BCUT2D eigenvalue weighted by atomic mass is 16.5. The van der Waals surface area contributed by atoms with Crippen LogP contribution in [0.4, 0.5) is 0 Å². The molecule has 1 amide bonds. The second-order valence-corrected chi connectivity index (χ2v) is 4.11. The summed E-state index contributed by atoms with van der Waals surface area (Å²) < 4.78 is 5.12. The second-order valence-electron chi connectivity index (χ2n) is 4.11. The molecule has 18 heavy (non-hydrogen) atoms. The monoisotopic (exact) mass is 247 g/mol. The van der Waals surface area contributed by atoms with Crippen molar-refractivity contribution in [2.45, 2.75) is 26.2 Å². The number of rotatable bonds is 7. The molecule has 3 heteroatoms. The van der Waals surface area contributed by atoms with E-state index >= 15 is 0 Å². The molecule has 0 bridgehead atoms. The number of unbranched alkanes of at least 4 members (excludes halogenated alkanes) is 2. The Morgan fingerprint density at radius 3 is 2.94 bits per heavy atom. The summed E-state index contributed by atoms with van der Waals surface area (Å²) in [6, 6.07) is 7.60. The van der Waals surface area contributed by atoms with Crippen LogP contribution in [0, 0.1) is 0 Å². The summed E-state index contributed by atoms with van der Waals surface area (Å²) in [6.07, 6.45) is 6.70. The summed E-state index contributed by atoms with van der Waals surface area (Å²) >= 11 is 0. The Morgan fingerprint density at radius 2 is 2.22 bits per heavy atom. The van der Waals surface area contributed by atoms with Gasteiger partial charge >= 0.3 is 0 Å². The predicted molar refractivity (Wildman–Crippen MR) is 74.6 cm³/mol. The first-order valence-corrected chi connectivity index (χ1v) is 6.36. The van der Waals surface area contributed by atoms with Crippen molar-refractivity contribution in [1.82, 2.24) is 5.32 Å². The Hall–Kier alpha value is -1.77. The highest BCUT2D eigenvalue weighted by Gasteiger charge is 1.95. The maximum atomic E-state index is 11.5. The van der Waals surface area contributed by atoms with Gasteiger partial charge in [0.25, 0.3) is 0 Å². The zero-order valence-corrected chi connectivity index (χ0v) is 11.1. The summed E-state index contributed by atoms with van der Waals surface area (Å²) in [5.41, 5.74) is 0.957. The van der Waals surface area contributed by atoms with Crippen molar-refractivity contribution in [2.75, 3.05) is 13.7 Å². The van der Waals surface area contributed by atoms with E-state index in [-0.39, 0.29) is 5.91 Å². The van der Waals surface area contributed by atoms with E-state index in [2.05, 4.69) is 12.2 Å². The molecule has 1 aromatic rings. The predicted octanol–water partition coefficient (Wildman–Crippen LogP) is 3.01. The van der Waals surface area contributed by atoms with Crippen LogP contribution in [-0.4, -0.2) is 19.6 Å². The van der Waals surface area contributed by atoms with Gasteiger partial charge in [-0.1, -0.05) is 31.9 Å². The molecule has 0 aromatic heterocycles. The lowest BCUT2D eigenvalue weighted by Gasteiger charge is -2.01. The fourth-order valence-electron chi connectivity index (χ4n) is 1.56. The number of carbonyl (C=O) groups excluding carboxylic acids is 1. The summed E-state index contributed by atoms with van der Waals surface area (Å²) in [5.74, 6) is 0.745. The van der Waals surface area contributed by atoms with Crippen molar-refractivity contribution in [2.24, 2.45) is 0 Å². The van der Waals surface area contributed by atoms with Crippen molar-refractivity contribution in [1.29, 1.82) is 0 Å². The molecule has 0 fully saturated rings. The minimum atomic E-state index is -0.0473. The maximum absolute atomic E-state index is 11.5. The van der Waals surface area contributed by atoms with Crippen LogP contribution >= 0.6 is 0 Å². The number of benzene rings is 1. The molecule has 0 unspecified atom stereocenters. The zero-order valence-electron chi connectivity index (χ0n) is 11.1. The first kappa shape index (κ1) is 14.3. The van der Waals surface area contributed by atoms with E-state index in [0.717, 1.165) is 37.1 Å². The fraction of sp³-hybridized carbons (Fsp3) is 0.400. The number of hydrogen-bond donors (Lipinski definition) is 1. The third-order valence-electron chi connectivity index (χ3n) is 2.60. The van der Waals surface area contributed by atoms with Crippen LogP contribution in [0.15, 0.2) is 30.3 Å². The number of nitrogens with one attached hydrogen (secondary N) is 1. The van der Waals surface area contributed by atoms with Crippen LogP contribution in [0.5, 0.6) is 5.75 Å². The van der Waals surface area contributed by atoms with Gasteiger partial charge in [0.1, 0.15) is 5.75 Å². The largest absolute Gasteiger partial charge is 0.497 e. The molecule has 0 atom stereocenters. The van der Waals surface area contributed by atoms with Crippen LogP contribution in [0.3, 0.4) is 0 Å². The Kier molecular flexibility index (Phi) is 6.62. The molecule has 1 N–H and O–H groups in total. The van der Waals surface area contributed by atoms with Crippen molar-refractivity contribution < 1.29 is 9.53 Å². The van der Waals surface area contributed by atoms with Gasteiger partial charge in [-0.3, -0.25) is 4.79 Å². The van der Waals surface area contributed by atoms with Crippen molar-refractivity contribution in [3.05, 3.63) is 35.9 Å². The van der Waals surface area contributed by atoms with Crippen LogP contribution in [0.25, 0.3) is 6.08 Å². The SMILES string of the molecule is CCCCCNC(=O)/C=C/c1cccc(OC)c1. The number of amides is 1. The van der Waals surface area contributed by atoms with E-state index in [1.807, 2.05) is 24.3 Å². The summed E-state index contributed by atoms with van der Waals surface area (Å²) in [5, 5.41) is 2.86. The summed E-state index contributed by atoms with van der Waals surface area (Å²) in [6.45, 7) is 2.89. The summed E-state index contributed by atoms with van der Waals surface area (Å²) in [4.78, 5) is 11.5. The van der Waals surface area contributed by atoms with Gasteiger partial charge in [-0.05, 0) is 30.2 Å². The average Bonchev–Trinajstić information content (AvgIpc) is 2.41. The Morgan fingerprint density at radius 1 is 1.39 bits per heavy atom. The highest BCUT2D eigenvalue weighted by molar-refractivity contribution is 5.91. The Labute approximate surface area is 109 Å². The van der Waals surface area contributed by atoms with Gasteiger partial charge in [-0.25, -0.2) is 0 Å². The molecular weight excluding hydrogens is 226 g/mol. The smallest absolute Gasteiger partial charge is 0.243 e. The molecule has 0 aliphatic heterocycles. The van der Waals surface area contributed by atoms with Crippen LogP contribution in [0.1, 0.15) is 31.7 Å². The van der Waals surface area contributed by atoms with Gasteiger partial charge in [0, 0.05) is 12.6 Å². The van der Waals surface area contributed by atoms with E-state index in [1.54, 1.807) is 19.3 Å². The van der Waals surface area contributed by atoms with E-state index in [1.165, 1.54) is 0 Å². The van der Waals surface area contributed by atoms with Gasteiger partial charge in [-0.2, -0.15) is 0 Å². The molecule has 1 aromatic carbocycles. The molecule has 0 saturated carbocycles. The normalized spacial score (nSPS) is 10.6. The lowest BCUT2D eigenvalue weighted by Crippen LogP contribution is -2.21. The Bertz CT molecular complexity index is 399. The lowest BCUT2D eigenvalue weighted by molar-refractivity contribution is -0.116.